The highest BCUT2D eigenvalue weighted by Gasteiger charge is 2.34. The van der Waals surface area contributed by atoms with E-state index in [1.807, 2.05) is 19.2 Å². The first-order valence-electron chi connectivity index (χ1n) is 9.50. The average molecular weight is 389 g/mol. The number of H-pyrrole nitrogens is 1. The fourth-order valence-corrected chi connectivity index (χ4v) is 5.70. The van der Waals surface area contributed by atoms with Crippen LogP contribution < -0.4 is 4.65 Å². The minimum Gasteiger partial charge on any atom is -0.531 e. The molecule has 0 amide bonds. The Morgan fingerprint density at radius 2 is 2.19 bits per heavy atom. The molecule has 0 radical (unpaired) electrons. The number of nitrogens with zero attached hydrogens (tertiary/aromatic N) is 2. The molecule has 4 rings (SSSR count). The van der Waals surface area contributed by atoms with Crippen LogP contribution in [0.5, 0.6) is 5.75 Å². The van der Waals surface area contributed by atoms with Gasteiger partial charge in [-0.2, -0.15) is 0 Å². The minimum atomic E-state index is -3.17. The number of aromatic nitrogens is 2. The number of aromatic amines is 1. The van der Waals surface area contributed by atoms with E-state index in [0.29, 0.717) is 25.3 Å². The molecule has 0 saturated carbocycles. The minimum absolute atomic E-state index is 0.181. The Hall–Kier alpha value is -1.84. The maximum atomic E-state index is 12.5. The Kier molecular flexibility index (Phi) is 5.00. The lowest BCUT2D eigenvalue weighted by Crippen LogP contribution is -2.40. The largest absolute Gasteiger partial charge is 0.552 e. The summed E-state index contributed by atoms with van der Waals surface area (Å²) in [6.45, 7) is 3.03. The van der Waals surface area contributed by atoms with Crippen LogP contribution in [0.15, 0.2) is 24.4 Å². The third-order valence-electron chi connectivity index (χ3n) is 5.45. The van der Waals surface area contributed by atoms with Crippen molar-refractivity contribution in [1.29, 1.82) is 0 Å². The number of pyridine rings is 1. The maximum absolute atomic E-state index is 12.5. The van der Waals surface area contributed by atoms with Crippen molar-refractivity contribution in [3.8, 4) is 5.75 Å². The zero-order valence-corrected chi connectivity index (χ0v) is 16.2. The van der Waals surface area contributed by atoms with Crippen molar-refractivity contribution < 1.29 is 18.1 Å². The van der Waals surface area contributed by atoms with E-state index in [9.17, 15) is 13.4 Å². The van der Waals surface area contributed by atoms with Crippen LogP contribution in [-0.4, -0.2) is 53.7 Å². The smallest absolute Gasteiger partial charge is 0.531 e. The van der Waals surface area contributed by atoms with Gasteiger partial charge in [-0.1, -0.05) is 13.3 Å². The first-order chi connectivity index (χ1) is 13.0. The molecule has 0 bridgehead atoms. The van der Waals surface area contributed by atoms with Gasteiger partial charge in [0.25, 0.3) is 0 Å². The van der Waals surface area contributed by atoms with Gasteiger partial charge in [0.2, 0.25) is 10.0 Å². The molecule has 0 aromatic carbocycles. The Morgan fingerprint density at radius 1 is 1.41 bits per heavy atom. The first kappa shape index (κ1) is 18.5. The highest BCUT2D eigenvalue weighted by molar-refractivity contribution is 7.89. The molecule has 0 unspecified atom stereocenters. The summed E-state index contributed by atoms with van der Waals surface area (Å²) in [5.41, 5.74) is 2.76. The fraction of sp³-hybridized carbons (Fsp3) is 0.500. The van der Waals surface area contributed by atoms with Crippen LogP contribution in [0.3, 0.4) is 0 Å². The number of hydrogen-bond acceptors (Lipinski definition) is 5. The molecule has 7 nitrogen and oxygen atoms in total. The molecule has 1 saturated heterocycles. The molecule has 0 spiro atoms. The lowest BCUT2D eigenvalue weighted by Gasteiger charge is -2.34. The summed E-state index contributed by atoms with van der Waals surface area (Å²) in [5, 5.41) is 11.1. The number of fused-ring (bicyclic) bond motifs is 3. The number of unbranched alkanes of at least 4 members (excludes halogenated alkanes) is 1. The summed E-state index contributed by atoms with van der Waals surface area (Å²) in [6.07, 6.45) is 6.51. The standard InChI is InChI=1S/C18H24BN3O4S/c1-2-3-10-27(24,25)22-8-5-13(6-9-22)15-11-19(23)26-16-12-21-18-14(17(15)16)4-7-20-18/h4,7,11-13,23H,2-3,5-6,8-10H2,1H3,(H,20,21). The molecule has 0 aliphatic carbocycles. The number of piperidine rings is 1. The van der Waals surface area contributed by atoms with E-state index in [1.165, 1.54) is 0 Å². The SMILES string of the molecule is CCCCS(=O)(=O)N1CCC(C2=CB(O)Oc3cnc4[nH]ccc4c32)CC1. The van der Waals surface area contributed by atoms with Crippen LogP contribution in [0.2, 0.25) is 0 Å². The Bertz CT molecular complexity index is 964. The maximum Gasteiger partial charge on any atom is 0.552 e. The normalized spacial score (nSPS) is 19.0. The lowest BCUT2D eigenvalue weighted by molar-refractivity contribution is 0.310. The van der Waals surface area contributed by atoms with Crippen molar-refractivity contribution in [3.05, 3.63) is 30.0 Å². The van der Waals surface area contributed by atoms with E-state index >= 15 is 0 Å². The van der Waals surface area contributed by atoms with Gasteiger partial charge >= 0.3 is 7.12 Å². The van der Waals surface area contributed by atoms with Crippen molar-refractivity contribution in [2.24, 2.45) is 5.92 Å². The molecule has 144 valence electrons. The molecule has 2 aliphatic rings. The van der Waals surface area contributed by atoms with E-state index in [2.05, 4.69) is 9.97 Å². The second-order valence-electron chi connectivity index (χ2n) is 7.21. The summed E-state index contributed by atoms with van der Waals surface area (Å²) < 4.78 is 32.1. The van der Waals surface area contributed by atoms with Gasteiger partial charge in [0, 0.05) is 30.2 Å². The number of hydrogen-bond donors (Lipinski definition) is 2. The second kappa shape index (κ2) is 7.29. The molecule has 0 atom stereocenters. The lowest BCUT2D eigenvalue weighted by atomic mass is 9.74. The molecule has 2 aliphatic heterocycles. The Labute approximate surface area is 159 Å². The zero-order chi connectivity index (χ0) is 19.0. The molecule has 2 aromatic rings. The highest BCUT2D eigenvalue weighted by Crippen LogP contribution is 2.42. The van der Waals surface area contributed by atoms with Crippen molar-refractivity contribution in [1.82, 2.24) is 14.3 Å². The monoisotopic (exact) mass is 389 g/mol. The molecular weight excluding hydrogens is 365 g/mol. The van der Waals surface area contributed by atoms with Gasteiger partial charge in [0.15, 0.2) is 0 Å². The average Bonchev–Trinajstić information content (AvgIpc) is 3.14. The third kappa shape index (κ3) is 3.51. The van der Waals surface area contributed by atoms with Gasteiger partial charge in [-0.05, 0) is 42.8 Å². The summed E-state index contributed by atoms with van der Waals surface area (Å²) in [6, 6.07) is 1.96. The topological polar surface area (TPSA) is 95.5 Å². The van der Waals surface area contributed by atoms with Gasteiger partial charge in [-0.25, -0.2) is 17.7 Å². The van der Waals surface area contributed by atoms with Crippen LogP contribution in [0, 0.1) is 5.92 Å². The van der Waals surface area contributed by atoms with Gasteiger partial charge < -0.3 is 14.7 Å². The second-order valence-corrected chi connectivity index (χ2v) is 9.30. The van der Waals surface area contributed by atoms with E-state index in [0.717, 1.165) is 41.4 Å². The molecule has 4 heterocycles. The number of sulfonamides is 1. The summed E-state index contributed by atoms with van der Waals surface area (Å²) in [4.78, 5) is 7.44. The Morgan fingerprint density at radius 3 is 2.93 bits per heavy atom. The molecule has 27 heavy (non-hydrogen) atoms. The number of allylic oxidation sites excluding steroid dienone is 1. The third-order valence-corrected chi connectivity index (χ3v) is 7.41. The van der Waals surface area contributed by atoms with Gasteiger partial charge in [-0.15, -0.1) is 0 Å². The van der Waals surface area contributed by atoms with Gasteiger partial charge in [-0.3, -0.25) is 0 Å². The zero-order valence-electron chi connectivity index (χ0n) is 15.4. The van der Waals surface area contributed by atoms with E-state index in [-0.39, 0.29) is 11.7 Å². The van der Waals surface area contributed by atoms with Crippen molar-refractivity contribution in [2.75, 3.05) is 18.8 Å². The van der Waals surface area contributed by atoms with E-state index in [4.69, 9.17) is 4.65 Å². The van der Waals surface area contributed by atoms with Gasteiger partial charge in [0.05, 0.1) is 11.9 Å². The van der Waals surface area contributed by atoms with Crippen molar-refractivity contribution >= 4 is 33.7 Å². The Balaban J connectivity index is 1.58. The predicted molar refractivity (Wildman–Crippen MR) is 106 cm³/mol. The van der Waals surface area contributed by atoms with Crippen LogP contribution >= 0.6 is 0 Å². The molecule has 2 N–H and O–H groups in total. The van der Waals surface area contributed by atoms with Crippen molar-refractivity contribution in [3.63, 3.8) is 0 Å². The fourth-order valence-electron chi connectivity index (χ4n) is 4.02. The number of nitrogens with one attached hydrogen (secondary N) is 1. The molecule has 2 aromatic heterocycles. The predicted octanol–water partition coefficient (Wildman–Crippen LogP) is 2.20. The van der Waals surface area contributed by atoms with Crippen molar-refractivity contribution in [2.45, 2.75) is 32.6 Å². The summed E-state index contributed by atoms with van der Waals surface area (Å²) in [7, 11) is -4.17. The van der Waals surface area contributed by atoms with Crippen LogP contribution in [0.1, 0.15) is 38.2 Å². The molecular formula is C18H24BN3O4S. The molecule has 1 fully saturated rings. The van der Waals surface area contributed by atoms with Crippen LogP contribution in [-0.2, 0) is 10.0 Å². The molecule has 9 heteroatoms. The van der Waals surface area contributed by atoms with E-state index < -0.39 is 17.1 Å². The first-order valence-corrected chi connectivity index (χ1v) is 11.1. The van der Waals surface area contributed by atoms with E-state index in [1.54, 1.807) is 16.5 Å². The van der Waals surface area contributed by atoms with Crippen LogP contribution in [0.25, 0.3) is 16.6 Å². The number of rotatable bonds is 5. The quantitative estimate of drug-likeness (QED) is 0.765. The summed E-state index contributed by atoms with van der Waals surface area (Å²) >= 11 is 0. The van der Waals surface area contributed by atoms with Crippen LogP contribution in [0.4, 0.5) is 0 Å². The summed E-state index contributed by atoms with van der Waals surface area (Å²) in [5.74, 6) is 2.73. The van der Waals surface area contributed by atoms with Gasteiger partial charge in [0.1, 0.15) is 11.4 Å². The highest BCUT2D eigenvalue weighted by atomic mass is 32.2.